The molecule has 0 fully saturated rings. The number of hydrogen-bond acceptors (Lipinski definition) is 3. The van der Waals surface area contributed by atoms with Gasteiger partial charge in [0.2, 0.25) is 0 Å². The maximum Gasteiger partial charge on any atom is 0.267 e. The van der Waals surface area contributed by atoms with Gasteiger partial charge in [0.25, 0.3) is 5.91 Å². The fourth-order valence-corrected chi connectivity index (χ4v) is 1.40. The first kappa shape index (κ1) is 9.93. The van der Waals surface area contributed by atoms with Crippen LogP contribution in [0.15, 0.2) is 36.7 Å². The smallest absolute Gasteiger partial charge is 0.267 e. The quantitative estimate of drug-likeness (QED) is 0.800. The zero-order chi connectivity index (χ0) is 11.5. The van der Waals surface area contributed by atoms with Gasteiger partial charge in [-0.15, -0.1) is 0 Å². The van der Waals surface area contributed by atoms with Crippen LogP contribution in [-0.4, -0.2) is 15.5 Å². The molecule has 5 heteroatoms. The first-order valence-corrected chi connectivity index (χ1v) is 4.56. The molecule has 2 aromatic heterocycles. The average Bonchev–Trinajstić information content (AvgIpc) is 2.77. The molecule has 16 heavy (non-hydrogen) atoms. The third-order valence-electron chi connectivity index (χ3n) is 2.14. The summed E-state index contributed by atoms with van der Waals surface area (Å²) >= 11 is 0. The summed E-state index contributed by atoms with van der Waals surface area (Å²) in [6.45, 7) is 0. The fourth-order valence-electron chi connectivity index (χ4n) is 1.40. The highest BCUT2D eigenvalue weighted by molar-refractivity contribution is 5.91. The molecule has 1 amide bonds. The van der Waals surface area contributed by atoms with Crippen molar-refractivity contribution < 1.29 is 4.79 Å². The number of carbonyl (C=O) groups is 1. The zero-order valence-electron chi connectivity index (χ0n) is 8.29. The molecule has 2 rings (SSSR count). The van der Waals surface area contributed by atoms with Crippen molar-refractivity contribution in [2.45, 2.75) is 0 Å². The van der Waals surface area contributed by atoms with E-state index in [1.54, 1.807) is 35.0 Å². The number of aromatic nitrogens is 2. The summed E-state index contributed by atoms with van der Waals surface area (Å²) in [4.78, 5) is 14.8. The summed E-state index contributed by atoms with van der Waals surface area (Å²) in [6.07, 6.45) is 3.22. The van der Waals surface area contributed by atoms with E-state index in [1.807, 2.05) is 6.07 Å². The molecule has 0 aliphatic heterocycles. The number of pyridine rings is 1. The van der Waals surface area contributed by atoms with Gasteiger partial charge in [0.05, 0.1) is 5.69 Å². The standard InChI is InChI=1S/C11H8N4O/c12-7-9-2-1-5-15(9)8-3-4-14-10(6-8)11(13)16/h1-6H,(H2,13,16). The number of rotatable bonds is 2. The summed E-state index contributed by atoms with van der Waals surface area (Å²) in [5.74, 6) is -0.590. The van der Waals surface area contributed by atoms with Gasteiger partial charge in [0.1, 0.15) is 17.5 Å². The van der Waals surface area contributed by atoms with E-state index in [9.17, 15) is 4.79 Å². The maximum atomic E-state index is 11.0. The molecule has 2 aromatic rings. The fraction of sp³-hybridized carbons (Fsp3) is 0. The van der Waals surface area contributed by atoms with Gasteiger partial charge in [-0.2, -0.15) is 5.26 Å². The predicted octanol–water partition coefficient (Wildman–Crippen LogP) is 0.843. The third-order valence-corrected chi connectivity index (χ3v) is 2.14. The lowest BCUT2D eigenvalue weighted by Crippen LogP contribution is -2.13. The highest BCUT2D eigenvalue weighted by Gasteiger charge is 2.06. The molecule has 0 saturated carbocycles. The van der Waals surface area contributed by atoms with Crippen LogP contribution in [0.3, 0.4) is 0 Å². The van der Waals surface area contributed by atoms with Gasteiger partial charge >= 0.3 is 0 Å². The zero-order valence-corrected chi connectivity index (χ0v) is 8.29. The Labute approximate surface area is 91.8 Å². The van der Waals surface area contributed by atoms with E-state index in [1.165, 1.54) is 6.20 Å². The molecule has 5 nitrogen and oxygen atoms in total. The van der Waals surface area contributed by atoms with Gasteiger partial charge in [-0.1, -0.05) is 0 Å². The van der Waals surface area contributed by atoms with Crippen LogP contribution >= 0.6 is 0 Å². The average molecular weight is 212 g/mol. The Kier molecular flexibility index (Phi) is 2.40. The van der Waals surface area contributed by atoms with Crippen molar-refractivity contribution in [3.8, 4) is 11.8 Å². The Morgan fingerprint density at radius 2 is 2.31 bits per heavy atom. The van der Waals surface area contributed by atoms with Crippen molar-refractivity contribution in [1.82, 2.24) is 9.55 Å². The lowest BCUT2D eigenvalue weighted by atomic mass is 10.3. The SMILES string of the molecule is N#Cc1cccn1-c1ccnc(C(N)=O)c1. The molecule has 0 unspecified atom stereocenters. The lowest BCUT2D eigenvalue weighted by Gasteiger charge is -2.04. The van der Waals surface area contributed by atoms with Crippen molar-refractivity contribution in [2.24, 2.45) is 5.73 Å². The van der Waals surface area contributed by atoms with E-state index < -0.39 is 5.91 Å². The van der Waals surface area contributed by atoms with Crippen molar-refractivity contribution in [2.75, 3.05) is 0 Å². The van der Waals surface area contributed by atoms with Crippen LogP contribution in [0.25, 0.3) is 5.69 Å². The van der Waals surface area contributed by atoms with Crippen molar-refractivity contribution in [1.29, 1.82) is 5.26 Å². The number of amides is 1. The first-order valence-electron chi connectivity index (χ1n) is 4.56. The summed E-state index contributed by atoms with van der Waals surface area (Å²) in [5, 5.41) is 8.87. The molecule has 0 spiro atoms. The van der Waals surface area contributed by atoms with Gasteiger partial charge in [0, 0.05) is 12.4 Å². The van der Waals surface area contributed by atoms with E-state index >= 15 is 0 Å². The summed E-state index contributed by atoms with van der Waals surface area (Å²) in [6, 6.07) is 8.73. The van der Waals surface area contributed by atoms with Crippen molar-refractivity contribution in [3.63, 3.8) is 0 Å². The van der Waals surface area contributed by atoms with E-state index in [0.29, 0.717) is 11.4 Å². The van der Waals surface area contributed by atoms with Crippen LogP contribution in [0.4, 0.5) is 0 Å². The van der Waals surface area contributed by atoms with Gasteiger partial charge in [0.15, 0.2) is 0 Å². The predicted molar refractivity (Wildman–Crippen MR) is 56.8 cm³/mol. The molecule has 0 radical (unpaired) electrons. The Balaban J connectivity index is 2.53. The molecule has 0 bridgehead atoms. The number of nitriles is 1. The Morgan fingerprint density at radius 1 is 1.50 bits per heavy atom. The molecule has 0 atom stereocenters. The normalized spacial score (nSPS) is 9.69. The topological polar surface area (TPSA) is 84.7 Å². The van der Waals surface area contributed by atoms with Crippen molar-refractivity contribution in [3.05, 3.63) is 48.0 Å². The Bertz CT molecular complexity index is 580. The monoisotopic (exact) mass is 212 g/mol. The minimum atomic E-state index is -0.590. The first-order chi connectivity index (χ1) is 7.72. The second-order valence-electron chi connectivity index (χ2n) is 3.14. The molecule has 2 N–H and O–H groups in total. The minimum Gasteiger partial charge on any atom is -0.364 e. The molecule has 2 heterocycles. The molecular formula is C11H8N4O. The van der Waals surface area contributed by atoms with Crippen LogP contribution < -0.4 is 5.73 Å². The van der Waals surface area contributed by atoms with Crippen LogP contribution in [0.5, 0.6) is 0 Å². The van der Waals surface area contributed by atoms with E-state index in [-0.39, 0.29) is 5.69 Å². The van der Waals surface area contributed by atoms with Crippen molar-refractivity contribution >= 4 is 5.91 Å². The molecule has 0 saturated heterocycles. The van der Waals surface area contributed by atoms with E-state index in [2.05, 4.69) is 4.98 Å². The second-order valence-corrected chi connectivity index (χ2v) is 3.14. The number of carbonyl (C=O) groups excluding carboxylic acids is 1. The van der Waals surface area contributed by atoms with Crippen LogP contribution in [0, 0.1) is 11.3 Å². The number of nitrogens with zero attached hydrogens (tertiary/aromatic N) is 3. The van der Waals surface area contributed by atoms with E-state index in [0.717, 1.165) is 0 Å². The van der Waals surface area contributed by atoms with Gasteiger partial charge < -0.3 is 10.3 Å². The molecule has 0 aromatic carbocycles. The highest BCUT2D eigenvalue weighted by Crippen LogP contribution is 2.12. The molecule has 0 aliphatic rings. The summed E-state index contributed by atoms with van der Waals surface area (Å²) in [7, 11) is 0. The maximum absolute atomic E-state index is 11.0. The number of hydrogen-bond donors (Lipinski definition) is 1. The Hall–Kier alpha value is -2.61. The van der Waals surface area contributed by atoms with E-state index in [4.69, 9.17) is 11.0 Å². The largest absolute Gasteiger partial charge is 0.364 e. The van der Waals surface area contributed by atoms with Crippen LogP contribution in [0.1, 0.15) is 16.2 Å². The lowest BCUT2D eigenvalue weighted by molar-refractivity contribution is 0.0995. The molecular weight excluding hydrogens is 204 g/mol. The third kappa shape index (κ3) is 1.64. The molecule has 0 aliphatic carbocycles. The minimum absolute atomic E-state index is 0.176. The Morgan fingerprint density at radius 3 is 3.00 bits per heavy atom. The van der Waals surface area contributed by atoms with Gasteiger partial charge in [-0.05, 0) is 24.3 Å². The molecule has 78 valence electrons. The van der Waals surface area contributed by atoms with Crippen LogP contribution in [0.2, 0.25) is 0 Å². The number of nitrogens with two attached hydrogens (primary N) is 1. The van der Waals surface area contributed by atoms with Gasteiger partial charge in [-0.3, -0.25) is 9.78 Å². The van der Waals surface area contributed by atoms with Gasteiger partial charge in [-0.25, -0.2) is 0 Å². The summed E-state index contributed by atoms with van der Waals surface area (Å²) < 4.78 is 1.66. The second kappa shape index (κ2) is 3.87. The summed E-state index contributed by atoms with van der Waals surface area (Å²) in [5.41, 5.74) is 6.48. The number of primary amides is 1. The highest BCUT2D eigenvalue weighted by atomic mass is 16.1. The van der Waals surface area contributed by atoms with Crippen LogP contribution in [-0.2, 0) is 0 Å².